The number of nitriles is 1. The van der Waals surface area contributed by atoms with E-state index in [9.17, 15) is 10.1 Å². The number of hydrogen-bond acceptors (Lipinski definition) is 4. The van der Waals surface area contributed by atoms with Gasteiger partial charge in [-0.2, -0.15) is 5.26 Å². The van der Waals surface area contributed by atoms with Crippen molar-refractivity contribution in [1.29, 1.82) is 5.26 Å². The summed E-state index contributed by atoms with van der Waals surface area (Å²) in [6, 6.07) is 4.71. The lowest BCUT2D eigenvalue weighted by Gasteiger charge is -2.06. The molecule has 0 radical (unpaired) electrons. The highest BCUT2D eigenvalue weighted by Gasteiger charge is 2.15. The van der Waals surface area contributed by atoms with Crippen molar-refractivity contribution in [3.05, 3.63) is 31.4 Å². The van der Waals surface area contributed by atoms with Gasteiger partial charge in [-0.05, 0) is 28.2 Å². The standard InChI is InChI=1S/C9H7IN2O3/c1-15-8-5-7(12(13)14)4-6(2-3-11)9(8)10/h4-5H,2H2,1H3. The second-order valence-corrected chi connectivity index (χ2v) is 3.79. The van der Waals surface area contributed by atoms with Gasteiger partial charge in [0, 0.05) is 6.07 Å². The fourth-order valence-corrected chi connectivity index (χ4v) is 1.83. The van der Waals surface area contributed by atoms with Gasteiger partial charge in [0.2, 0.25) is 0 Å². The van der Waals surface area contributed by atoms with Crippen LogP contribution in [0.4, 0.5) is 5.69 Å². The van der Waals surface area contributed by atoms with Gasteiger partial charge in [-0.15, -0.1) is 0 Å². The third-order valence-electron chi connectivity index (χ3n) is 1.80. The molecule has 1 aromatic carbocycles. The van der Waals surface area contributed by atoms with Crippen LogP contribution in [0.15, 0.2) is 12.1 Å². The van der Waals surface area contributed by atoms with Crippen molar-refractivity contribution in [2.45, 2.75) is 6.42 Å². The first kappa shape index (κ1) is 11.7. The summed E-state index contributed by atoms with van der Waals surface area (Å²) in [6.07, 6.45) is 0.135. The van der Waals surface area contributed by atoms with Crippen molar-refractivity contribution in [1.82, 2.24) is 0 Å². The number of benzene rings is 1. The molecule has 0 aliphatic rings. The van der Waals surface area contributed by atoms with Crippen LogP contribution < -0.4 is 4.74 Å². The van der Waals surface area contributed by atoms with Gasteiger partial charge < -0.3 is 4.74 Å². The molecule has 0 N–H and O–H groups in total. The van der Waals surface area contributed by atoms with Crippen molar-refractivity contribution < 1.29 is 9.66 Å². The lowest BCUT2D eigenvalue weighted by Crippen LogP contribution is -1.97. The van der Waals surface area contributed by atoms with Crippen LogP contribution in [0, 0.1) is 25.0 Å². The van der Waals surface area contributed by atoms with Crippen LogP contribution in [-0.4, -0.2) is 12.0 Å². The van der Waals surface area contributed by atoms with Gasteiger partial charge >= 0.3 is 0 Å². The number of hydrogen-bond donors (Lipinski definition) is 0. The van der Waals surface area contributed by atoms with Gasteiger partial charge in [0.05, 0.1) is 34.2 Å². The van der Waals surface area contributed by atoms with E-state index in [1.54, 1.807) is 0 Å². The fourth-order valence-electron chi connectivity index (χ4n) is 1.11. The van der Waals surface area contributed by atoms with Crippen LogP contribution in [0.2, 0.25) is 0 Å². The van der Waals surface area contributed by atoms with Gasteiger partial charge in [-0.3, -0.25) is 10.1 Å². The minimum atomic E-state index is -0.501. The van der Waals surface area contributed by atoms with Gasteiger partial charge in [0.15, 0.2) is 0 Å². The summed E-state index contributed by atoms with van der Waals surface area (Å²) in [5, 5.41) is 19.2. The Morgan fingerprint density at radius 1 is 1.67 bits per heavy atom. The number of non-ortho nitro benzene ring substituents is 1. The maximum atomic E-state index is 10.6. The molecule has 0 aliphatic carbocycles. The lowest BCUT2D eigenvalue weighted by atomic mass is 10.1. The highest BCUT2D eigenvalue weighted by Crippen LogP contribution is 2.30. The van der Waals surface area contributed by atoms with Crippen LogP contribution in [0.5, 0.6) is 5.75 Å². The van der Waals surface area contributed by atoms with Crippen LogP contribution in [0.1, 0.15) is 5.56 Å². The summed E-state index contributed by atoms with van der Waals surface area (Å²) in [4.78, 5) is 10.1. The first-order chi connectivity index (χ1) is 7.10. The Morgan fingerprint density at radius 2 is 2.33 bits per heavy atom. The Labute approximate surface area is 99.9 Å². The Bertz CT molecular complexity index is 440. The first-order valence-corrected chi connectivity index (χ1v) is 5.05. The molecule has 0 aromatic heterocycles. The molecule has 0 atom stereocenters. The molecule has 1 aromatic rings. The van der Waals surface area contributed by atoms with E-state index in [-0.39, 0.29) is 12.1 Å². The van der Waals surface area contributed by atoms with Gasteiger partial charge in [-0.25, -0.2) is 0 Å². The van der Waals surface area contributed by atoms with E-state index in [0.717, 1.165) is 3.57 Å². The highest BCUT2D eigenvalue weighted by molar-refractivity contribution is 14.1. The molecule has 0 aliphatic heterocycles. The first-order valence-electron chi connectivity index (χ1n) is 3.98. The minimum absolute atomic E-state index is 0.0579. The monoisotopic (exact) mass is 318 g/mol. The molecule has 0 heterocycles. The smallest absolute Gasteiger partial charge is 0.273 e. The van der Waals surface area contributed by atoms with E-state index in [0.29, 0.717) is 11.3 Å². The van der Waals surface area contributed by atoms with E-state index >= 15 is 0 Å². The molecule has 0 fully saturated rings. The molecule has 15 heavy (non-hydrogen) atoms. The Hall–Kier alpha value is -1.36. The molecule has 78 valence electrons. The molecule has 0 saturated carbocycles. The molecule has 0 amide bonds. The van der Waals surface area contributed by atoms with Gasteiger partial charge in [0.25, 0.3) is 5.69 Å². The molecule has 0 saturated heterocycles. The quantitative estimate of drug-likeness (QED) is 0.487. The van der Waals surface area contributed by atoms with Crippen molar-refractivity contribution >= 4 is 28.3 Å². The molecule has 0 bridgehead atoms. The number of halogens is 1. The molecule has 5 nitrogen and oxygen atoms in total. The lowest BCUT2D eigenvalue weighted by molar-refractivity contribution is -0.385. The zero-order valence-electron chi connectivity index (χ0n) is 7.86. The second kappa shape index (κ2) is 4.93. The predicted octanol–water partition coefficient (Wildman–Crippen LogP) is 2.27. The molecule has 1 rings (SSSR count). The highest BCUT2D eigenvalue weighted by atomic mass is 127. The molecule has 0 unspecified atom stereocenters. The Morgan fingerprint density at radius 3 is 2.80 bits per heavy atom. The Kier molecular flexibility index (Phi) is 3.85. The molecular weight excluding hydrogens is 311 g/mol. The minimum Gasteiger partial charge on any atom is -0.495 e. The molecule has 0 spiro atoms. The summed E-state index contributed by atoms with van der Waals surface area (Å²) in [5.41, 5.74) is 0.557. The summed E-state index contributed by atoms with van der Waals surface area (Å²) < 4.78 is 5.74. The van der Waals surface area contributed by atoms with Gasteiger partial charge in [-0.1, -0.05) is 0 Å². The Balaban J connectivity index is 3.32. The maximum Gasteiger partial charge on any atom is 0.273 e. The average Bonchev–Trinajstić information content (AvgIpc) is 2.21. The zero-order chi connectivity index (χ0) is 11.4. The van der Waals surface area contributed by atoms with Crippen LogP contribution in [0.3, 0.4) is 0 Å². The molecular formula is C9H7IN2O3. The van der Waals surface area contributed by atoms with E-state index in [2.05, 4.69) is 0 Å². The number of methoxy groups -OCH3 is 1. The number of rotatable bonds is 3. The van der Waals surface area contributed by atoms with Crippen molar-refractivity contribution in [2.24, 2.45) is 0 Å². The van der Waals surface area contributed by atoms with E-state index in [1.165, 1.54) is 19.2 Å². The van der Waals surface area contributed by atoms with Crippen molar-refractivity contribution in [3.8, 4) is 11.8 Å². The van der Waals surface area contributed by atoms with Crippen LogP contribution in [-0.2, 0) is 6.42 Å². The predicted molar refractivity (Wildman–Crippen MR) is 61.7 cm³/mol. The SMILES string of the molecule is COc1cc([N+](=O)[O-])cc(CC#N)c1I. The summed E-state index contributed by atoms with van der Waals surface area (Å²) in [5.74, 6) is 0.426. The number of nitrogens with zero attached hydrogens (tertiary/aromatic N) is 2. The topological polar surface area (TPSA) is 76.2 Å². The zero-order valence-corrected chi connectivity index (χ0v) is 10.0. The maximum absolute atomic E-state index is 10.6. The van der Waals surface area contributed by atoms with Crippen molar-refractivity contribution in [3.63, 3.8) is 0 Å². The van der Waals surface area contributed by atoms with E-state index in [4.69, 9.17) is 10.00 Å². The van der Waals surface area contributed by atoms with E-state index in [1.807, 2.05) is 28.7 Å². The summed E-state index contributed by atoms with van der Waals surface area (Å²) in [6.45, 7) is 0. The normalized spacial score (nSPS) is 9.40. The van der Waals surface area contributed by atoms with E-state index < -0.39 is 4.92 Å². The third kappa shape index (κ3) is 2.56. The van der Waals surface area contributed by atoms with Crippen LogP contribution >= 0.6 is 22.6 Å². The van der Waals surface area contributed by atoms with Crippen LogP contribution in [0.25, 0.3) is 0 Å². The number of nitro groups is 1. The van der Waals surface area contributed by atoms with Crippen molar-refractivity contribution in [2.75, 3.05) is 7.11 Å². The second-order valence-electron chi connectivity index (χ2n) is 2.71. The summed E-state index contributed by atoms with van der Waals surface area (Å²) in [7, 11) is 1.44. The third-order valence-corrected chi connectivity index (χ3v) is 3.02. The molecule has 6 heteroatoms. The van der Waals surface area contributed by atoms with Gasteiger partial charge in [0.1, 0.15) is 5.75 Å². The largest absolute Gasteiger partial charge is 0.495 e. The summed E-state index contributed by atoms with van der Waals surface area (Å²) >= 11 is 2.01. The fraction of sp³-hybridized carbons (Fsp3) is 0.222. The number of nitro benzene ring substituents is 1. The number of ether oxygens (including phenoxy) is 1. The average molecular weight is 318 g/mol.